The monoisotopic (exact) mass is 350 g/mol. The van der Waals surface area contributed by atoms with Gasteiger partial charge >= 0.3 is 0 Å². The number of aryl methyl sites for hydroxylation is 2. The molecular weight excluding hydrogens is 316 g/mol. The average molecular weight is 351 g/mol. The van der Waals surface area contributed by atoms with Crippen molar-refractivity contribution in [2.75, 3.05) is 32.7 Å². The Morgan fingerprint density at radius 3 is 2.92 bits per heavy atom. The Labute approximate surface area is 151 Å². The van der Waals surface area contributed by atoms with Gasteiger partial charge in [-0.25, -0.2) is 0 Å². The van der Waals surface area contributed by atoms with Crippen LogP contribution in [0.15, 0.2) is 9.52 Å². The molecule has 1 atom stereocenters. The first-order valence-corrected chi connectivity index (χ1v) is 9.74. The van der Waals surface area contributed by atoms with Crippen LogP contribution in [0.3, 0.4) is 0 Å². The molecule has 0 aromatic carbocycles. The lowest BCUT2D eigenvalue weighted by Crippen LogP contribution is -2.41. The molecule has 7 heteroatoms. The Morgan fingerprint density at radius 2 is 2.20 bits per heavy atom. The number of guanidine groups is 1. The van der Waals surface area contributed by atoms with Crippen molar-refractivity contribution in [1.82, 2.24) is 25.7 Å². The van der Waals surface area contributed by atoms with Gasteiger partial charge in [-0.15, -0.1) is 0 Å². The van der Waals surface area contributed by atoms with Gasteiger partial charge in [0.1, 0.15) is 0 Å². The molecule has 0 spiro atoms. The SMILES string of the molecule is CCNC(=NCCCc1nc(C)no1)NCCCN1CCCCC1C. The average Bonchev–Trinajstić information content (AvgIpc) is 3.02. The molecule has 0 amide bonds. The van der Waals surface area contributed by atoms with Gasteiger partial charge < -0.3 is 20.1 Å². The van der Waals surface area contributed by atoms with E-state index in [2.05, 4.69) is 44.5 Å². The van der Waals surface area contributed by atoms with E-state index in [9.17, 15) is 0 Å². The molecule has 2 heterocycles. The van der Waals surface area contributed by atoms with Gasteiger partial charge in [0, 0.05) is 38.6 Å². The van der Waals surface area contributed by atoms with Gasteiger partial charge in [0.2, 0.25) is 5.89 Å². The maximum atomic E-state index is 5.12. The fourth-order valence-electron chi connectivity index (χ4n) is 3.18. The Balaban J connectivity index is 1.63. The molecule has 2 rings (SSSR count). The number of likely N-dealkylation sites (tertiary alicyclic amines) is 1. The zero-order valence-corrected chi connectivity index (χ0v) is 16.1. The molecule has 1 aromatic rings. The molecule has 0 saturated carbocycles. The molecule has 0 bridgehead atoms. The van der Waals surface area contributed by atoms with E-state index in [-0.39, 0.29) is 0 Å². The zero-order valence-electron chi connectivity index (χ0n) is 16.1. The molecule has 1 fully saturated rings. The highest BCUT2D eigenvalue weighted by atomic mass is 16.5. The summed E-state index contributed by atoms with van der Waals surface area (Å²) in [6.45, 7) is 11.3. The van der Waals surface area contributed by atoms with Gasteiger partial charge in [0.15, 0.2) is 11.8 Å². The lowest BCUT2D eigenvalue weighted by molar-refractivity contribution is 0.159. The lowest BCUT2D eigenvalue weighted by atomic mass is 10.0. The van der Waals surface area contributed by atoms with Gasteiger partial charge in [-0.1, -0.05) is 11.6 Å². The number of nitrogens with zero attached hydrogens (tertiary/aromatic N) is 4. The van der Waals surface area contributed by atoms with E-state index < -0.39 is 0 Å². The first-order chi connectivity index (χ1) is 12.2. The fourth-order valence-corrected chi connectivity index (χ4v) is 3.18. The molecule has 1 unspecified atom stereocenters. The lowest BCUT2D eigenvalue weighted by Gasteiger charge is -2.33. The highest BCUT2D eigenvalue weighted by molar-refractivity contribution is 5.79. The third-order valence-electron chi connectivity index (χ3n) is 4.59. The van der Waals surface area contributed by atoms with Crippen molar-refractivity contribution in [2.45, 2.75) is 65.3 Å². The number of piperidine rings is 1. The van der Waals surface area contributed by atoms with Crippen molar-refractivity contribution in [3.63, 3.8) is 0 Å². The second kappa shape index (κ2) is 11.1. The summed E-state index contributed by atoms with van der Waals surface area (Å²) < 4.78 is 5.12. The Kier molecular flexibility index (Phi) is 8.72. The smallest absolute Gasteiger partial charge is 0.226 e. The molecule has 142 valence electrons. The predicted octanol–water partition coefficient (Wildman–Crippen LogP) is 2.13. The van der Waals surface area contributed by atoms with Crippen LogP contribution in [-0.2, 0) is 6.42 Å². The van der Waals surface area contributed by atoms with Crippen molar-refractivity contribution in [1.29, 1.82) is 0 Å². The molecule has 1 aromatic heterocycles. The van der Waals surface area contributed by atoms with E-state index in [4.69, 9.17) is 4.52 Å². The summed E-state index contributed by atoms with van der Waals surface area (Å²) >= 11 is 0. The molecule has 2 N–H and O–H groups in total. The topological polar surface area (TPSA) is 78.6 Å². The summed E-state index contributed by atoms with van der Waals surface area (Å²) in [5.74, 6) is 2.29. The van der Waals surface area contributed by atoms with E-state index in [0.29, 0.717) is 11.7 Å². The van der Waals surface area contributed by atoms with E-state index in [1.165, 1.54) is 32.4 Å². The Bertz CT molecular complexity index is 515. The molecule has 0 radical (unpaired) electrons. The minimum atomic E-state index is 0.691. The van der Waals surface area contributed by atoms with Crippen LogP contribution < -0.4 is 10.6 Å². The summed E-state index contributed by atoms with van der Waals surface area (Å²) in [5, 5.41) is 10.5. The summed E-state index contributed by atoms with van der Waals surface area (Å²) in [4.78, 5) is 11.5. The number of aliphatic imine (C=N–C) groups is 1. The van der Waals surface area contributed by atoms with Gasteiger partial charge in [-0.3, -0.25) is 4.99 Å². The number of hydrogen-bond acceptors (Lipinski definition) is 5. The fraction of sp³-hybridized carbons (Fsp3) is 0.833. The van der Waals surface area contributed by atoms with Crippen molar-refractivity contribution in [3.05, 3.63) is 11.7 Å². The van der Waals surface area contributed by atoms with E-state index >= 15 is 0 Å². The van der Waals surface area contributed by atoms with Crippen molar-refractivity contribution >= 4 is 5.96 Å². The molecule has 1 aliphatic rings. The summed E-state index contributed by atoms with van der Waals surface area (Å²) in [5.41, 5.74) is 0. The maximum Gasteiger partial charge on any atom is 0.226 e. The first kappa shape index (κ1) is 19.7. The third kappa shape index (κ3) is 7.42. The van der Waals surface area contributed by atoms with Crippen molar-refractivity contribution in [2.24, 2.45) is 4.99 Å². The van der Waals surface area contributed by atoms with E-state index in [0.717, 1.165) is 50.9 Å². The Morgan fingerprint density at radius 1 is 1.32 bits per heavy atom. The van der Waals surface area contributed by atoms with Gasteiger partial charge in [0.25, 0.3) is 0 Å². The summed E-state index contributed by atoms with van der Waals surface area (Å²) in [6, 6.07) is 0.740. The predicted molar refractivity (Wildman–Crippen MR) is 101 cm³/mol. The van der Waals surface area contributed by atoms with Crippen LogP contribution in [0.25, 0.3) is 0 Å². The minimum absolute atomic E-state index is 0.691. The second-order valence-electron chi connectivity index (χ2n) is 6.76. The van der Waals surface area contributed by atoms with Crippen LogP contribution in [0.4, 0.5) is 0 Å². The van der Waals surface area contributed by atoms with Crippen LogP contribution in [0.5, 0.6) is 0 Å². The van der Waals surface area contributed by atoms with Crippen LogP contribution in [0.1, 0.15) is 57.7 Å². The quantitative estimate of drug-likeness (QED) is 0.403. The van der Waals surface area contributed by atoms with E-state index in [1.807, 2.05) is 6.92 Å². The number of nitrogens with one attached hydrogen (secondary N) is 2. The maximum absolute atomic E-state index is 5.12. The number of hydrogen-bond donors (Lipinski definition) is 2. The normalized spacial score (nSPS) is 19.2. The summed E-state index contributed by atoms with van der Waals surface area (Å²) in [7, 11) is 0. The van der Waals surface area contributed by atoms with Crippen LogP contribution >= 0.6 is 0 Å². The number of aromatic nitrogens is 2. The summed E-state index contributed by atoms with van der Waals surface area (Å²) in [6.07, 6.45) is 6.91. The first-order valence-electron chi connectivity index (χ1n) is 9.74. The third-order valence-corrected chi connectivity index (χ3v) is 4.59. The molecule has 1 saturated heterocycles. The van der Waals surface area contributed by atoms with Crippen molar-refractivity contribution < 1.29 is 4.52 Å². The van der Waals surface area contributed by atoms with Gasteiger partial charge in [-0.2, -0.15) is 4.98 Å². The molecule has 1 aliphatic heterocycles. The largest absolute Gasteiger partial charge is 0.357 e. The molecule has 7 nitrogen and oxygen atoms in total. The van der Waals surface area contributed by atoms with Crippen LogP contribution in [0, 0.1) is 6.92 Å². The van der Waals surface area contributed by atoms with Gasteiger partial charge in [-0.05, 0) is 53.0 Å². The number of rotatable bonds is 9. The highest BCUT2D eigenvalue weighted by Gasteiger charge is 2.17. The van der Waals surface area contributed by atoms with Crippen LogP contribution in [-0.4, -0.2) is 59.8 Å². The second-order valence-corrected chi connectivity index (χ2v) is 6.76. The van der Waals surface area contributed by atoms with Crippen molar-refractivity contribution in [3.8, 4) is 0 Å². The highest BCUT2D eigenvalue weighted by Crippen LogP contribution is 2.15. The molecule has 25 heavy (non-hydrogen) atoms. The molecular formula is C18H34N6O. The zero-order chi connectivity index (χ0) is 17.9. The van der Waals surface area contributed by atoms with Crippen LogP contribution in [0.2, 0.25) is 0 Å². The minimum Gasteiger partial charge on any atom is -0.357 e. The molecule has 0 aliphatic carbocycles. The Hall–Kier alpha value is -1.63. The standard InChI is InChI=1S/C18H34N6O/c1-4-19-18(20-11-7-10-17-22-16(3)23-25-17)21-12-8-14-24-13-6-5-9-15(24)2/h15H,4-14H2,1-3H3,(H2,19,20,21). The van der Waals surface area contributed by atoms with E-state index in [1.54, 1.807) is 0 Å². The van der Waals surface area contributed by atoms with Gasteiger partial charge in [0.05, 0.1) is 0 Å².